The predicted molar refractivity (Wildman–Crippen MR) is 69.4 cm³/mol. The summed E-state index contributed by atoms with van der Waals surface area (Å²) < 4.78 is 13.8. The molecule has 1 atom stereocenters. The SMILES string of the molecule is Cc1ccc(F)c(C(NN)c2cscc2C)c1. The Morgan fingerprint density at radius 1 is 1.24 bits per heavy atom. The topological polar surface area (TPSA) is 38.0 Å². The molecule has 0 radical (unpaired) electrons. The molecule has 0 amide bonds. The van der Waals surface area contributed by atoms with Crippen molar-refractivity contribution in [3.05, 3.63) is 57.0 Å². The summed E-state index contributed by atoms with van der Waals surface area (Å²) in [4.78, 5) is 0. The van der Waals surface area contributed by atoms with Gasteiger partial charge in [-0.15, -0.1) is 0 Å². The van der Waals surface area contributed by atoms with Crippen LogP contribution < -0.4 is 11.3 Å². The quantitative estimate of drug-likeness (QED) is 0.649. The molecule has 0 saturated heterocycles. The fraction of sp³-hybridized carbons (Fsp3) is 0.231. The first kappa shape index (κ1) is 12.2. The fourth-order valence-corrected chi connectivity index (χ4v) is 2.77. The van der Waals surface area contributed by atoms with Crippen molar-refractivity contribution in [1.82, 2.24) is 5.43 Å². The van der Waals surface area contributed by atoms with Crippen LogP contribution in [0.15, 0.2) is 29.0 Å². The van der Waals surface area contributed by atoms with Crippen LogP contribution in [0.3, 0.4) is 0 Å². The maximum Gasteiger partial charge on any atom is 0.128 e. The van der Waals surface area contributed by atoms with Gasteiger partial charge in [0.2, 0.25) is 0 Å². The van der Waals surface area contributed by atoms with E-state index in [0.717, 1.165) is 16.7 Å². The van der Waals surface area contributed by atoms with Gasteiger partial charge in [0.1, 0.15) is 5.82 Å². The van der Waals surface area contributed by atoms with Gasteiger partial charge in [0.05, 0.1) is 6.04 Å². The Balaban J connectivity index is 2.49. The van der Waals surface area contributed by atoms with Gasteiger partial charge in [-0.2, -0.15) is 11.3 Å². The average Bonchev–Trinajstić information content (AvgIpc) is 2.71. The normalized spacial score (nSPS) is 12.7. The van der Waals surface area contributed by atoms with Crippen molar-refractivity contribution >= 4 is 11.3 Å². The first-order valence-electron chi connectivity index (χ1n) is 5.38. The zero-order valence-corrected chi connectivity index (χ0v) is 10.6. The van der Waals surface area contributed by atoms with Crippen LogP contribution in [0.5, 0.6) is 0 Å². The van der Waals surface area contributed by atoms with E-state index in [9.17, 15) is 4.39 Å². The maximum absolute atomic E-state index is 13.8. The van der Waals surface area contributed by atoms with E-state index in [-0.39, 0.29) is 11.9 Å². The molecule has 0 fully saturated rings. The van der Waals surface area contributed by atoms with Crippen LogP contribution in [0, 0.1) is 19.7 Å². The molecule has 1 aromatic heterocycles. The van der Waals surface area contributed by atoms with Crippen molar-refractivity contribution in [3.63, 3.8) is 0 Å². The number of thiophene rings is 1. The summed E-state index contributed by atoms with van der Waals surface area (Å²) in [6, 6.07) is 4.78. The minimum absolute atomic E-state index is 0.232. The highest BCUT2D eigenvalue weighted by Crippen LogP contribution is 2.29. The number of nitrogens with one attached hydrogen (secondary N) is 1. The van der Waals surface area contributed by atoms with Crippen LogP contribution in [0.25, 0.3) is 0 Å². The Morgan fingerprint density at radius 3 is 2.59 bits per heavy atom. The second kappa shape index (κ2) is 4.96. The number of hydrogen-bond donors (Lipinski definition) is 2. The minimum Gasteiger partial charge on any atom is -0.271 e. The van der Waals surface area contributed by atoms with Gasteiger partial charge in [0.25, 0.3) is 0 Å². The molecule has 0 bridgehead atoms. The molecule has 3 N–H and O–H groups in total. The Labute approximate surface area is 104 Å². The molecule has 2 rings (SSSR count). The first-order chi connectivity index (χ1) is 8.13. The highest BCUT2D eigenvalue weighted by molar-refractivity contribution is 7.08. The predicted octanol–water partition coefficient (Wildman–Crippen LogP) is 3.06. The lowest BCUT2D eigenvalue weighted by molar-refractivity contribution is 0.559. The van der Waals surface area contributed by atoms with Crippen LogP contribution in [0.4, 0.5) is 4.39 Å². The minimum atomic E-state index is -0.291. The van der Waals surface area contributed by atoms with E-state index in [1.165, 1.54) is 6.07 Å². The largest absolute Gasteiger partial charge is 0.271 e. The van der Waals surface area contributed by atoms with Crippen LogP contribution in [0.2, 0.25) is 0 Å². The molecule has 0 spiro atoms. The molecule has 0 aliphatic heterocycles. The molecule has 0 aliphatic rings. The van der Waals surface area contributed by atoms with Gasteiger partial charge in [-0.3, -0.25) is 5.84 Å². The molecule has 17 heavy (non-hydrogen) atoms. The number of rotatable bonds is 3. The average molecular weight is 250 g/mol. The van der Waals surface area contributed by atoms with Crippen molar-refractivity contribution in [2.24, 2.45) is 5.84 Å². The smallest absolute Gasteiger partial charge is 0.128 e. The lowest BCUT2D eigenvalue weighted by Crippen LogP contribution is -2.29. The van der Waals surface area contributed by atoms with E-state index in [1.54, 1.807) is 17.4 Å². The van der Waals surface area contributed by atoms with Crippen molar-refractivity contribution in [2.75, 3.05) is 0 Å². The lowest BCUT2D eigenvalue weighted by Gasteiger charge is -2.17. The second-order valence-corrected chi connectivity index (χ2v) is 4.88. The van der Waals surface area contributed by atoms with E-state index in [2.05, 4.69) is 5.43 Å². The van der Waals surface area contributed by atoms with Crippen LogP contribution in [0.1, 0.15) is 28.3 Å². The van der Waals surface area contributed by atoms with Gasteiger partial charge in [0, 0.05) is 5.56 Å². The summed E-state index contributed by atoms with van der Waals surface area (Å²) in [5.41, 5.74) is 6.46. The Bertz CT molecular complexity index is 522. The van der Waals surface area contributed by atoms with Gasteiger partial charge < -0.3 is 0 Å². The zero-order chi connectivity index (χ0) is 12.4. The summed E-state index contributed by atoms with van der Waals surface area (Å²) in [6.07, 6.45) is 0. The van der Waals surface area contributed by atoms with Crippen LogP contribution in [-0.2, 0) is 0 Å². The van der Waals surface area contributed by atoms with Crippen molar-refractivity contribution < 1.29 is 4.39 Å². The number of aryl methyl sites for hydroxylation is 2. The fourth-order valence-electron chi connectivity index (χ4n) is 1.90. The monoisotopic (exact) mass is 250 g/mol. The van der Waals surface area contributed by atoms with Crippen LogP contribution in [-0.4, -0.2) is 0 Å². The molecule has 4 heteroatoms. The van der Waals surface area contributed by atoms with Crippen molar-refractivity contribution in [1.29, 1.82) is 0 Å². The molecule has 2 aromatic rings. The number of nitrogens with two attached hydrogens (primary N) is 1. The highest BCUT2D eigenvalue weighted by atomic mass is 32.1. The summed E-state index contributed by atoms with van der Waals surface area (Å²) >= 11 is 1.60. The number of benzene rings is 1. The third-order valence-electron chi connectivity index (χ3n) is 2.84. The van der Waals surface area contributed by atoms with Gasteiger partial charge in [-0.25, -0.2) is 9.82 Å². The highest BCUT2D eigenvalue weighted by Gasteiger charge is 2.18. The number of halogens is 1. The summed E-state index contributed by atoms with van der Waals surface area (Å²) in [7, 11) is 0. The van der Waals surface area contributed by atoms with Crippen molar-refractivity contribution in [2.45, 2.75) is 19.9 Å². The molecule has 2 nitrogen and oxygen atoms in total. The van der Waals surface area contributed by atoms with Crippen molar-refractivity contribution in [3.8, 4) is 0 Å². The summed E-state index contributed by atoms with van der Waals surface area (Å²) in [5.74, 6) is 5.34. The first-order valence-corrected chi connectivity index (χ1v) is 6.32. The van der Waals surface area contributed by atoms with E-state index in [4.69, 9.17) is 5.84 Å². The number of hydrogen-bond acceptors (Lipinski definition) is 3. The molecule has 1 aromatic carbocycles. The molecule has 0 aliphatic carbocycles. The maximum atomic E-state index is 13.8. The molecular weight excluding hydrogens is 235 g/mol. The number of hydrazine groups is 1. The second-order valence-electron chi connectivity index (χ2n) is 4.13. The summed E-state index contributed by atoms with van der Waals surface area (Å²) in [5, 5.41) is 4.04. The zero-order valence-electron chi connectivity index (χ0n) is 9.83. The van der Waals surface area contributed by atoms with E-state index >= 15 is 0 Å². The van der Waals surface area contributed by atoms with Gasteiger partial charge in [-0.1, -0.05) is 17.7 Å². The molecular formula is C13H15FN2S. The van der Waals surface area contributed by atoms with Gasteiger partial charge >= 0.3 is 0 Å². The third-order valence-corrected chi connectivity index (χ3v) is 3.71. The lowest BCUT2D eigenvalue weighted by atomic mass is 9.97. The Hall–Kier alpha value is -1.23. The molecule has 1 unspecified atom stereocenters. The third kappa shape index (κ3) is 2.39. The molecule has 90 valence electrons. The molecule has 0 saturated carbocycles. The standard InChI is InChI=1S/C13H15FN2S/c1-8-3-4-12(14)10(5-8)13(16-15)11-7-17-6-9(11)2/h3-7,13,16H,15H2,1-2H3. The van der Waals surface area contributed by atoms with E-state index in [0.29, 0.717) is 5.56 Å². The Morgan fingerprint density at radius 2 is 2.00 bits per heavy atom. The molecule has 1 heterocycles. The Kier molecular flexibility index (Phi) is 3.57. The van der Waals surface area contributed by atoms with Crippen LogP contribution >= 0.6 is 11.3 Å². The van der Waals surface area contributed by atoms with E-state index in [1.807, 2.05) is 30.7 Å². The van der Waals surface area contributed by atoms with E-state index < -0.39 is 0 Å². The summed E-state index contributed by atoms with van der Waals surface area (Å²) in [6.45, 7) is 3.95. The van der Waals surface area contributed by atoms with Gasteiger partial charge in [-0.05, 0) is 41.8 Å². The van der Waals surface area contributed by atoms with Gasteiger partial charge in [0.15, 0.2) is 0 Å².